The van der Waals surface area contributed by atoms with Crippen molar-refractivity contribution in [1.29, 1.82) is 0 Å². The average molecular weight is 353 g/mol. The second kappa shape index (κ2) is 7.48. The third kappa shape index (κ3) is 4.24. The Morgan fingerprint density at radius 2 is 1.96 bits per heavy atom. The highest BCUT2D eigenvalue weighted by Crippen LogP contribution is 2.22. The molecule has 0 aliphatic rings. The van der Waals surface area contributed by atoms with Crippen LogP contribution in [0.2, 0.25) is 0 Å². The molecule has 0 unspecified atom stereocenters. The van der Waals surface area contributed by atoms with Gasteiger partial charge in [-0.25, -0.2) is 0 Å². The van der Waals surface area contributed by atoms with Crippen molar-refractivity contribution in [3.05, 3.63) is 53.9 Å². The lowest BCUT2D eigenvalue weighted by Gasteiger charge is -2.07. The predicted octanol–water partition coefficient (Wildman–Crippen LogP) is 3.22. The third-order valence-electron chi connectivity index (χ3n) is 3.59. The Morgan fingerprint density at radius 3 is 2.64 bits per heavy atom. The van der Waals surface area contributed by atoms with Crippen LogP contribution in [-0.4, -0.2) is 31.4 Å². The zero-order valence-electron chi connectivity index (χ0n) is 14.4. The molecule has 128 valence electrons. The van der Waals surface area contributed by atoms with Crippen molar-refractivity contribution in [2.75, 3.05) is 11.1 Å². The molecular weight excluding hydrogens is 334 g/mol. The third-order valence-corrected chi connectivity index (χ3v) is 4.61. The van der Waals surface area contributed by atoms with Gasteiger partial charge in [-0.2, -0.15) is 0 Å². The number of aryl methyl sites for hydroxylation is 2. The van der Waals surface area contributed by atoms with Gasteiger partial charge in [-0.15, -0.1) is 10.2 Å². The molecule has 1 amide bonds. The molecule has 0 saturated heterocycles. The molecule has 1 N–H and O–H groups in total. The topological polar surface area (TPSA) is 72.7 Å². The quantitative estimate of drug-likeness (QED) is 0.713. The summed E-state index contributed by atoms with van der Waals surface area (Å²) in [5, 5.41) is 12.0. The molecule has 0 radical (unpaired) electrons. The highest BCUT2D eigenvalue weighted by atomic mass is 32.2. The second-order valence-electron chi connectivity index (χ2n) is 5.82. The Labute approximate surface area is 150 Å². The number of hydrogen-bond donors (Lipinski definition) is 1. The fourth-order valence-corrected chi connectivity index (χ4v) is 3.27. The van der Waals surface area contributed by atoms with Gasteiger partial charge in [-0.1, -0.05) is 17.8 Å². The molecule has 0 saturated carbocycles. The van der Waals surface area contributed by atoms with E-state index in [-0.39, 0.29) is 11.7 Å². The predicted molar refractivity (Wildman–Crippen MR) is 99.5 cm³/mol. The summed E-state index contributed by atoms with van der Waals surface area (Å²) in [6.45, 7) is 4.02. The molecule has 3 rings (SSSR count). The maximum atomic E-state index is 12.2. The van der Waals surface area contributed by atoms with Crippen LogP contribution < -0.4 is 5.32 Å². The highest BCUT2D eigenvalue weighted by Gasteiger charge is 2.13. The van der Waals surface area contributed by atoms with Crippen LogP contribution in [0.3, 0.4) is 0 Å². The van der Waals surface area contributed by atoms with Crippen LogP contribution in [0, 0.1) is 13.8 Å². The number of anilines is 1. The van der Waals surface area contributed by atoms with Crippen LogP contribution in [0.15, 0.2) is 47.9 Å². The molecule has 0 bridgehead atoms. The van der Waals surface area contributed by atoms with Gasteiger partial charge in [0.05, 0.1) is 5.75 Å². The molecule has 0 aliphatic heterocycles. The second-order valence-corrected chi connectivity index (χ2v) is 6.76. The van der Waals surface area contributed by atoms with E-state index in [1.165, 1.54) is 11.8 Å². The minimum absolute atomic E-state index is 0.0686. The summed E-state index contributed by atoms with van der Waals surface area (Å²) >= 11 is 1.36. The van der Waals surface area contributed by atoms with Crippen molar-refractivity contribution < 1.29 is 4.79 Å². The van der Waals surface area contributed by atoms with Gasteiger partial charge in [0.2, 0.25) is 5.91 Å². The Balaban J connectivity index is 1.64. The molecule has 2 heterocycles. The van der Waals surface area contributed by atoms with Gasteiger partial charge < -0.3 is 9.88 Å². The lowest BCUT2D eigenvalue weighted by Crippen LogP contribution is -2.14. The SMILES string of the molecule is Cc1cc(C)cc(NC(=O)CSc2nnc(-c3cccnc3)n2C)c1. The molecule has 0 atom stereocenters. The Bertz CT molecular complexity index is 871. The van der Waals surface area contributed by atoms with Gasteiger partial charge in [0.1, 0.15) is 0 Å². The van der Waals surface area contributed by atoms with Crippen LogP contribution in [0.1, 0.15) is 11.1 Å². The maximum Gasteiger partial charge on any atom is 0.234 e. The van der Waals surface area contributed by atoms with Gasteiger partial charge in [0.15, 0.2) is 11.0 Å². The molecule has 0 aliphatic carbocycles. The number of benzene rings is 1. The first-order chi connectivity index (χ1) is 12.0. The highest BCUT2D eigenvalue weighted by molar-refractivity contribution is 7.99. The van der Waals surface area contributed by atoms with Crippen LogP contribution in [0.4, 0.5) is 5.69 Å². The number of hydrogen-bond acceptors (Lipinski definition) is 5. The molecule has 0 spiro atoms. The van der Waals surface area contributed by atoms with Gasteiger partial charge in [0.25, 0.3) is 0 Å². The maximum absolute atomic E-state index is 12.2. The minimum Gasteiger partial charge on any atom is -0.325 e. The lowest BCUT2D eigenvalue weighted by atomic mass is 10.1. The van der Waals surface area contributed by atoms with E-state index in [0.717, 1.165) is 28.2 Å². The molecule has 1 aromatic carbocycles. The smallest absolute Gasteiger partial charge is 0.234 e. The van der Waals surface area contributed by atoms with Crippen molar-refractivity contribution in [2.45, 2.75) is 19.0 Å². The van der Waals surface area contributed by atoms with Gasteiger partial charge >= 0.3 is 0 Å². The Morgan fingerprint density at radius 1 is 1.20 bits per heavy atom. The van der Waals surface area contributed by atoms with E-state index in [1.54, 1.807) is 12.4 Å². The largest absolute Gasteiger partial charge is 0.325 e. The normalized spacial score (nSPS) is 10.7. The Kier molecular flexibility index (Phi) is 5.14. The lowest BCUT2D eigenvalue weighted by molar-refractivity contribution is -0.113. The number of nitrogens with zero attached hydrogens (tertiary/aromatic N) is 4. The van der Waals surface area contributed by atoms with Crippen LogP contribution in [0.25, 0.3) is 11.4 Å². The monoisotopic (exact) mass is 353 g/mol. The minimum atomic E-state index is -0.0686. The average Bonchev–Trinajstić information content (AvgIpc) is 2.93. The van der Waals surface area contributed by atoms with Gasteiger partial charge in [-0.3, -0.25) is 9.78 Å². The van der Waals surface area contributed by atoms with Crippen molar-refractivity contribution >= 4 is 23.4 Å². The number of carbonyl (C=O) groups excluding carboxylic acids is 1. The standard InChI is InChI=1S/C18H19N5OS/c1-12-7-13(2)9-15(8-12)20-16(24)11-25-18-22-21-17(23(18)3)14-5-4-6-19-10-14/h4-10H,11H2,1-3H3,(H,20,24). The number of amides is 1. The summed E-state index contributed by atoms with van der Waals surface area (Å²) in [5.41, 5.74) is 3.95. The van der Waals surface area contributed by atoms with Crippen LogP contribution >= 0.6 is 11.8 Å². The van der Waals surface area contributed by atoms with E-state index < -0.39 is 0 Å². The first kappa shape index (κ1) is 17.2. The first-order valence-corrected chi connectivity index (χ1v) is 8.82. The van der Waals surface area contributed by atoms with E-state index in [1.807, 2.05) is 49.7 Å². The zero-order chi connectivity index (χ0) is 17.8. The van der Waals surface area contributed by atoms with Gasteiger partial charge in [0, 0.05) is 30.7 Å². The zero-order valence-corrected chi connectivity index (χ0v) is 15.2. The van der Waals surface area contributed by atoms with Crippen molar-refractivity contribution in [1.82, 2.24) is 19.7 Å². The molecule has 0 fully saturated rings. The van der Waals surface area contributed by atoms with E-state index in [2.05, 4.69) is 26.6 Å². The first-order valence-electron chi connectivity index (χ1n) is 7.83. The van der Waals surface area contributed by atoms with E-state index in [4.69, 9.17) is 0 Å². The fourth-order valence-electron chi connectivity index (χ4n) is 2.56. The van der Waals surface area contributed by atoms with Crippen LogP contribution in [0.5, 0.6) is 0 Å². The summed E-state index contributed by atoms with van der Waals surface area (Å²) in [4.78, 5) is 16.3. The van der Waals surface area contributed by atoms with E-state index >= 15 is 0 Å². The molecule has 3 aromatic rings. The fraction of sp³-hybridized carbons (Fsp3) is 0.222. The number of nitrogens with one attached hydrogen (secondary N) is 1. The number of rotatable bonds is 5. The number of pyridine rings is 1. The molecule has 6 nitrogen and oxygen atoms in total. The van der Waals surface area contributed by atoms with E-state index in [9.17, 15) is 4.79 Å². The van der Waals surface area contributed by atoms with Gasteiger partial charge in [-0.05, 0) is 49.2 Å². The van der Waals surface area contributed by atoms with Crippen molar-refractivity contribution in [3.8, 4) is 11.4 Å². The number of thioether (sulfide) groups is 1. The van der Waals surface area contributed by atoms with Crippen molar-refractivity contribution in [2.24, 2.45) is 7.05 Å². The summed E-state index contributed by atoms with van der Waals surface area (Å²) in [5.74, 6) is 0.928. The molecule has 7 heteroatoms. The number of carbonyl (C=O) groups is 1. The summed E-state index contributed by atoms with van der Waals surface area (Å²) in [6.07, 6.45) is 3.46. The summed E-state index contributed by atoms with van der Waals surface area (Å²) in [7, 11) is 1.88. The Hall–Kier alpha value is -2.67. The molecular formula is C18H19N5OS. The van der Waals surface area contributed by atoms with E-state index in [0.29, 0.717) is 5.16 Å². The molecule has 2 aromatic heterocycles. The summed E-state index contributed by atoms with van der Waals surface area (Å²) in [6, 6.07) is 9.77. The van der Waals surface area contributed by atoms with Crippen LogP contribution in [-0.2, 0) is 11.8 Å². The summed E-state index contributed by atoms with van der Waals surface area (Å²) < 4.78 is 1.87. The molecule has 25 heavy (non-hydrogen) atoms. The number of aromatic nitrogens is 4. The van der Waals surface area contributed by atoms with Crippen molar-refractivity contribution in [3.63, 3.8) is 0 Å².